The summed E-state index contributed by atoms with van der Waals surface area (Å²) in [5.41, 5.74) is 1.25. The largest absolute Gasteiger partial charge is 0.506 e. The van der Waals surface area contributed by atoms with E-state index in [9.17, 15) is 24.3 Å². The highest BCUT2D eigenvalue weighted by Gasteiger charge is 2.21. The van der Waals surface area contributed by atoms with Crippen LogP contribution in [-0.2, 0) is 19.1 Å². The zero-order valence-electron chi connectivity index (χ0n) is 16.1. The molecule has 1 saturated heterocycles. The van der Waals surface area contributed by atoms with E-state index in [-0.39, 0.29) is 17.3 Å². The number of carbonyl (C=O) groups excluding carboxylic acids is 4. The summed E-state index contributed by atoms with van der Waals surface area (Å²) >= 11 is 0. The van der Waals surface area contributed by atoms with E-state index < -0.39 is 30.9 Å². The van der Waals surface area contributed by atoms with Crippen LogP contribution in [0.1, 0.15) is 23.2 Å². The van der Waals surface area contributed by atoms with E-state index in [2.05, 4.69) is 10.6 Å². The fourth-order valence-corrected chi connectivity index (χ4v) is 2.93. The maximum atomic E-state index is 12.2. The second-order valence-electron chi connectivity index (χ2n) is 6.60. The van der Waals surface area contributed by atoms with Crippen molar-refractivity contribution in [2.75, 3.05) is 29.9 Å². The molecule has 0 bridgehead atoms. The lowest BCUT2D eigenvalue weighted by molar-refractivity contribution is -0.146. The number of para-hydroxylation sites is 2. The molecule has 2 aromatic carbocycles. The first-order valence-electron chi connectivity index (χ1n) is 9.36. The van der Waals surface area contributed by atoms with Gasteiger partial charge in [0.1, 0.15) is 12.3 Å². The van der Waals surface area contributed by atoms with Gasteiger partial charge in [-0.05, 0) is 42.8 Å². The highest BCUT2D eigenvalue weighted by Crippen LogP contribution is 2.22. The van der Waals surface area contributed by atoms with Gasteiger partial charge >= 0.3 is 5.97 Å². The number of benzene rings is 2. The number of anilines is 2. The molecule has 0 aliphatic carbocycles. The van der Waals surface area contributed by atoms with Gasteiger partial charge in [0.2, 0.25) is 5.91 Å². The minimum Gasteiger partial charge on any atom is -0.506 e. The van der Waals surface area contributed by atoms with Crippen molar-refractivity contribution in [2.24, 2.45) is 0 Å². The van der Waals surface area contributed by atoms with Crippen LogP contribution in [0.2, 0.25) is 0 Å². The Hall–Kier alpha value is -3.88. The van der Waals surface area contributed by atoms with Gasteiger partial charge in [0, 0.05) is 24.2 Å². The van der Waals surface area contributed by atoms with Crippen molar-refractivity contribution in [3.05, 3.63) is 54.1 Å². The van der Waals surface area contributed by atoms with Gasteiger partial charge in [0.25, 0.3) is 11.8 Å². The number of ether oxygens (including phenoxy) is 1. The predicted molar refractivity (Wildman–Crippen MR) is 108 cm³/mol. The number of nitrogens with zero attached hydrogens (tertiary/aromatic N) is 1. The molecule has 9 nitrogen and oxygen atoms in total. The number of rotatable bonds is 7. The molecule has 3 N–H and O–H groups in total. The van der Waals surface area contributed by atoms with E-state index in [0.717, 1.165) is 12.1 Å². The summed E-state index contributed by atoms with van der Waals surface area (Å²) in [5.74, 6) is -1.94. The molecule has 1 heterocycles. The van der Waals surface area contributed by atoms with Gasteiger partial charge in [-0.1, -0.05) is 12.1 Å². The molecule has 0 unspecified atom stereocenters. The van der Waals surface area contributed by atoms with Gasteiger partial charge in [-0.2, -0.15) is 0 Å². The molecule has 3 amide bonds. The molecule has 1 aliphatic heterocycles. The Morgan fingerprint density at radius 3 is 2.47 bits per heavy atom. The molecule has 0 atom stereocenters. The molecule has 2 aromatic rings. The molecule has 1 aliphatic rings. The van der Waals surface area contributed by atoms with Crippen molar-refractivity contribution < 1.29 is 29.0 Å². The fraction of sp³-hybridized carbons (Fsp3) is 0.238. The maximum Gasteiger partial charge on any atom is 0.325 e. The highest BCUT2D eigenvalue weighted by atomic mass is 16.5. The zero-order chi connectivity index (χ0) is 21.5. The van der Waals surface area contributed by atoms with Crippen LogP contribution < -0.4 is 15.5 Å². The van der Waals surface area contributed by atoms with Gasteiger partial charge in [-0.3, -0.25) is 19.2 Å². The molecule has 9 heteroatoms. The van der Waals surface area contributed by atoms with E-state index in [1.54, 1.807) is 41.3 Å². The number of hydrogen-bond acceptors (Lipinski definition) is 6. The number of phenolic OH excluding ortho intramolecular Hbond substituents is 1. The molecular formula is C21H21N3O6. The fourth-order valence-electron chi connectivity index (χ4n) is 2.93. The molecule has 0 radical (unpaired) electrons. The molecule has 0 saturated carbocycles. The third kappa shape index (κ3) is 5.34. The standard InChI is InChI=1S/C21H21N3O6/c25-17-5-2-1-4-16(17)23-18(26)13-30-20(28)12-22-21(29)14-7-9-15(10-8-14)24-11-3-6-19(24)27/h1-2,4-5,7-10,25H,3,6,11-13H2,(H,22,29)(H,23,26). The average Bonchev–Trinajstić information content (AvgIpc) is 3.18. The summed E-state index contributed by atoms with van der Waals surface area (Å²) in [6, 6.07) is 12.6. The van der Waals surface area contributed by atoms with Gasteiger partial charge in [0.15, 0.2) is 6.61 Å². The Morgan fingerprint density at radius 2 is 1.80 bits per heavy atom. The zero-order valence-corrected chi connectivity index (χ0v) is 16.1. The second-order valence-corrected chi connectivity index (χ2v) is 6.60. The molecule has 156 valence electrons. The molecule has 1 fully saturated rings. The monoisotopic (exact) mass is 411 g/mol. The van der Waals surface area contributed by atoms with Crippen LogP contribution in [0, 0.1) is 0 Å². The Morgan fingerprint density at radius 1 is 1.07 bits per heavy atom. The van der Waals surface area contributed by atoms with E-state index in [4.69, 9.17) is 4.74 Å². The molecular weight excluding hydrogens is 390 g/mol. The summed E-state index contributed by atoms with van der Waals surface area (Å²) < 4.78 is 4.81. The highest BCUT2D eigenvalue weighted by molar-refractivity contribution is 5.98. The number of esters is 1. The lowest BCUT2D eigenvalue weighted by Gasteiger charge is -2.15. The van der Waals surface area contributed by atoms with Crippen molar-refractivity contribution in [3.8, 4) is 5.75 Å². The Balaban J connectivity index is 1.42. The second kappa shape index (κ2) is 9.55. The van der Waals surface area contributed by atoms with Crippen LogP contribution in [0.15, 0.2) is 48.5 Å². The van der Waals surface area contributed by atoms with Crippen molar-refractivity contribution in [1.82, 2.24) is 5.32 Å². The minimum atomic E-state index is -0.782. The first-order valence-corrected chi connectivity index (χ1v) is 9.36. The van der Waals surface area contributed by atoms with Crippen molar-refractivity contribution in [1.29, 1.82) is 0 Å². The lowest BCUT2D eigenvalue weighted by atomic mass is 10.2. The van der Waals surface area contributed by atoms with E-state index in [1.807, 2.05) is 0 Å². The van der Waals surface area contributed by atoms with Gasteiger partial charge in [0.05, 0.1) is 5.69 Å². The number of hydrogen-bond donors (Lipinski definition) is 3. The maximum absolute atomic E-state index is 12.2. The third-order valence-electron chi connectivity index (χ3n) is 4.45. The quantitative estimate of drug-likeness (QED) is 0.468. The summed E-state index contributed by atoms with van der Waals surface area (Å²) in [5, 5.41) is 14.4. The summed E-state index contributed by atoms with van der Waals surface area (Å²) in [4.78, 5) is 49.1. The predicted octanol–water partition coefficient (Wildman–Crippen LogP) is 1.43. The Bertz CT molecular complexity index is 957. The third-order valence-corrected chi connectivity index (χ3v) is 4.45. The van der Waals surface area contributed by atoms with Gasteiger partial charge in [-0.25, -0.2) is 0 Å². The summed E-state index contributed by atoms with van der Waals surface area (Å²) in [7, 11) is 0. The molecule has 30 heavy (non-hydrogen) atoms. The minimum absolute atomic E-state index is 0.0569. The number of amides is 3. The van der Waals surface area contributed by atoms with Gasteiger partial charge in [-0.15, -0.1) is 0 Å². The summed E-state index contributed by atoms with van der Waals surface area (Å²) in [6.45, 7) is -0.301. The van der Waals surface area contributed by atoms with Crippen molar-refractivity contribution >= 4 is 35.1 Å². The van der Waals surface area contributed by atoms with Crippen molar-refractivity contribution in [2.45, 2.75) is 12.8 Å². The number of phenols is 1. The van der Waals surface area contributed by atoms with E-state index in [1.165, 1.54) is 12.1 Å². The van der Waals surface area contributed by atoms with Crippen LogP contribution >= 0.6 is 0 Å². The Kier molecular flexibility index (Phi) is 6.63. The van der Waals surface area contributed by atoms with Crippen LogP contribution in [0.3, 0.4) is 0 Å². The summed E-state index contributed by atoms with van der Waals surface area (Å²) in [6.07, 6.45) is 1.34. The van der Waals surface area contributed by atoms with Crippen LogP contribution in [0.4, 0.5) is 11.4 Å². The topological polar surface area (TPSA) is 125 Å². The van der Waals surface area contributed by atoms with Gasteiger partial charge < -0.3 is 25.4 Å². The average molecular weight is 411 g/mol. The normalized spacial score (nSPS) is 13.1. The van der Waals surface area contributed by atoms with E-state index in [0.29, 0.717) is 18.5 Å². The van der Waals surface area contributed by atoms with E-state index >= 15 is 0 Å². The number of carbonyl (C=O) groups is 4. The first-order chi connectivity index (χ1) is 14.4. The van der Waals surface area contributed by atoms with Crippen molar-refractivity contribution in [3.63, 3.8) is 0 Å². The molecule has 0 spiro atoms. The SMILES string of the molecule is O=C(COC(=O)CNC(=O)c1ccc(N2CCCC2=O)cc1)Nc1ccccc1O. The molecule has 3 rings (SSSR count). The number of aromatic hydroxyl groups is 1. The smallest absolute Gasteiger partial charge is 0.325 e. The van der Waals surface area contributed by atoms with Crippen LogP contribution in [0.25, 0.3) is 0 Å². The Labute approximate surface area is 172 Å². The number of nitrogens with one attached hydrogen (secondary N) is 2. The van der Waals surface area contributed by atoms with Crippen LogP contribution in [-0.4, -0.2) is 48.5 Å². The first kappa shape index (κ1) is 20.8. The molecule has 0 aromatic heterocycles. The lowest BCUT2D eigenvalue weighted by Crippen LogP contribution is -2.32. The van der Waals surface area contributed by atoms with Crippen LogP contribution in [0.5, 0.6) is 5.75 Å².